The Hall–Kier alpha value is -1.98. The molecule has 0 radical (unpaired) electrons. The minimum Gasteiger partial charge on any atom is -0.364 e. The molecular formula is C8H7FN4O. The van der Waals surface area contributed by atoms with Gasteiger partial charge in [-0.3, -0.25) is 0 Å². The third kappa shape index (κ3) is 2.03. The van der Waals surface area contributed by atoms with Gasteiger partial charge in [0, 0.05) is 12.1 Å². The molecule has 0 fully saturated rings. The number of hydrogen-bond donors (Lipinski definition) is 1. The molecule has 0 bridgehead atoms. The lowest BCUT2D eigenvalue weighted by molar-refractivity contribution is 0.412. The van der Waals surface area contributed by atoms with Crippen molar-refractivity contribution >= 4 is 5.82 Å². The molecule has 0 aliphatic heterocycles. The number of nitrogens with one attached hydrogen (secondary N) is 1. The minimum atomic E-state index is -0.567. The first-order valence-corrected chi connectivity index (χ1v) is 3.95. The van der Waals surface area contributed by atoms with Gasteiger partial charge in [-0.25, -0.2) is 9.97 Å². The molecule has 0 aliphatic carbocycles. The van der Waals surface area contributed by atoms with Crippen LogP contribution in [-0.2, 0) is 6.54 Å². The first kappa shape index (κ1) is 8.61. The summed E-state index contributed by atoms with van der Waals surface area (Å²) in [6.07, 6.45) is 2.62. The van der Waals surface area contributed by atoms with Crippen molar-refractivity contribution in [2.45, 2.75) is 6.54 Å². The van der Waals surface area contributed by atoms with E-state index in [9.17, 15) is 4.39 Å². The van der Waals surface area contributed by atoms with E-state index in [0.717, 1.165) is 12.0 Å². The van der Waals surface area contributed by atoms with Gasteiger partial charge in [-0.05, 0) is 0 Å². The van der Waals surface area contributed by atoms with Gasteiger partial charge >= 0.3 is 0 Å². The fraction of sp³-hybridized carbons (Fsp3) is 0.125. The van der Waals surface area contributed by atoms with Crippen LogP contribution in [0, 0.1) is 5.95 Å². The maximum Gasteiger partial charge on any atom is 0.217 e. The highest BCUT2D eigenvalue weighted by atomic mass is 19.1. The second-order valence-electron chi connectivity index (χ2n) is 2.57. The monoisotopic (exact) mass is 194 g/mol. The maximum absolute atomic E-state index is 12.6. The van der Waals surface area contributed by atoms with E-state index >= 15 is 0 Å². The van der Waals surface area contributed by atoms with Gasteiger partial charge in [0.05, 0.1) is 6.54 Å². The predicted molar refractivity (Wildman–Crippen MR) is 45.8 cm³/mol. The van der Waals surface area contributed by atoms with Gasteiger partial charge in [-0.2, -0.15) is 4.39 Å². The third-order valence-electron chi connectivity index (χ3n) is 1.58. The lowest BCUT2D eigenvalue weighted by atomic mass is 10.4. The van der Waals surface area contributed by atoms with E-state index in [1.807, 2.05) is 0 Å². The smallest absolute Gasteiger partial charge is 0.217 e. The lowest BCUT2D eigenvalue weighted by Crippen LogP contribution is -2.02. The second kappa shape index (κ2) is 3.82. The second-order valence-corrected chi connectivity index (χ2v) is 2.57. The standard InChI is InChI=1S/C8H7FN4O/c9-7-3-8(12-5-11-7)10-4-6-1-2-14-13-6/h1-3,5H,4H2,(H,10,11,12). The van der Waals surface area contributed by atoms with Gasteiger partial charge in [0.1, 0.15) is 24.1 Å². The Morgan fingerprint density at radius 1 is 1.43 bits per heavy atom. The topological polar surface area (TPSA) is 63.8 Å². The van der Waals surface area contributed by atoms with E-state index in [1.165, 1.54) is 12.3 Å². The average molecular weight is 194 g/mol. The van der Waals surface area contributed by atoms with E-state index in [-0.39, 0.29) is 0 Å². The Kier molecular flexibility index (Phi) is 2.35. The number of rotatable bonds is 3. The summed E-state index contributed by atoms with van der Waals surface area (Å²) in [7, 11) is 0. The van der Waals surface area contributed by atoms with Crippen molar-refractivity contribution in [3.05, 3.63) is 36.4 Å². The highest BCUT2D eigenvalue weighted by Gasteiger charge is 1.99. The van der Waals surface area contributed by atoms with Crippen molar-refractivity contribution in [2.24, 2.45) is 0 Å². The lowest BCUT2D eigenvalue weighted by Gasteiger charge is -2.01. The summed E-state index contributed by atoms with van der Waals surface area (Å²) in [5, 5.41) is 6.55. The van der Waals surface area contributed by atoms with Gasteiger partial charge in [0.25, 0.3) is 0 Å². The number of nitrogens with zero attached hydrogens (tertiary/aromatic N) is 3. The van der Waals surface area contributed by atoms with Crippen LogP contribution in [0.15, 0.2) is 29.2 Å². The zero-order valence-electron chi connectivity index (χ0n) is 7.14. The molecule has 0 saturated heterocycles. The molecule has 0 spiro atoms. The van der Waals surface area contributed by atoms with E-state index in [0.29, 0.717) is 12.4 Å². The molecule has 6 heteroatoms. The van der Waals surface area contributed by atoms with Gasteiger partial charge in [-0.1, -0.05) is 5.16 Å². The highest BCUT2D eigenvalue weighted by molar-refractivity contribution is 5.32. The summed E-state index contributed by atoms with van der Waals surface area (Å²) in [6.45, 7) is 0.437. The van der Waals surface area contributed by atoms with Crippen molar-refractivity contribution in [1.29, 1.82) is 0 Å². The first-order valence-electron chi connectivity index (χ1n) is 3.95. The zero-order valence-corrected chi connectivity index (χ0v) is 7.14. The van der Waals surface area contributed by atoms with Crippen LogP contribution in [-0.4, -0.2) is 15.1 Å². The molecule has 2 rings (SSSR count). The highest BCUT2D eigenvalue weighted by Crippen LogP contribution is 2.04. The molecule has 2 aromatic heterocycles. The van der Waals surface area contributed by atoms with E-state index in [1.54, 1.807) is 6.07 Å². The number of anilines is 1. The summed E-state index contributed by atoms with van der Waals surface area (Å²) in [4.78, 5) is 7.15. The molecule has 2 aromatic rings. The SMILES string of the molecule is Fc1cc(NCc2ccon2)ncn1. The third-order valence-corrected chi connectivity index (χ3v) is 1.58. The minimum absolute atomic E-state index is 0.417. The van der Waals surface area contributed by atoms with Crippen LogP contribution in [0.2, 0.25) is 0 Å². The van der Waals surface area contributed by atoms with E-state index < -0.39 is 5.95 Å². The Balaban J connectivity index is 1.98. The van der Waals surface area contributed by atoms with Crippen LogP contribution in [0.3, 0.4) is 0 Å². The Morgan fingerprint density at radius 2 is 2.36 bits per heavy atom. The van der Waals surface area contributed by atoms with Crippen molar-refractivity contribution in [3.8, 4) is 0 Å². The molecule has 72 valence electrons. The van der Waals surface area contributed by atoms with Crippen molar-refractivity contribution in [1.82, 2.24) is 15.1 Å². The molecular weight excluding hydrogens is 187 g/mol. The van der Waals surface area contributed by atoms with E-state index in [4.69, 9.17) is 0 Å². The predicted octanol–water partition coefficient (Wildman–Crippen LogP) is 1.22. The number of halogens is 1. The zero-order chi connectivity index (χ0) is 9.80. The van der Waals surface area contributed by atoms with Crippen LogP contribution < -0.4 is 5.32 Å². The first-order chi connectivity index (χ1) is 6.84. The van der Waals surface area contributed by atoms with Crippen LogP contribution in [0.25, 0.3) is 0 Å². The number of hydrogen-bond acceptors (Lipinski definition) is 5. The average Bonchev–Trinajstić information content (AvgIpc) is 2.67. The molecule has 5 nitrogen and oxygen atoms in total. The summed E-state index contributed by atoms with van der Waals surface area (Å²) in [6, 6.07) is 2.92. The summed E-state index contributed by atoms with van der Waals surface area (Å²) in [5.74, 6) is -0.150. The molecule has 1 N–H and O–H groups in total. The molecule has 0 aliphatic rings. The number of aromatic nitrogens is 3. The van der Waals surface area contributed by atoms with Crippen molar-refractivity contribution in [2.75, 3.05) is 5.32 Å². The van der Waals surface area contributed by atoms with Gasteiger partial charge in [0.15, 0.2) is 0 Å². The molecule has 0 amide bonds. The van der Waals surface area contributed by atoms with Gasteiger partial charge in [-0.15, -0.1) is 0 Å². The quantitative estimate of drug-likeness (QED) is 0.744. The fourth-order valence-electron chi connectivity index (χ4n) is 0.940. The molecule has 0 atom stereocenters. The summed E-state index contributed by atoms with van der Waals surface area (Å²) < 4.78 is 17.2. The molecule has 0 unspecified atom stereocenters. The molecule has 0 saturated carbocycles. The Morgan fingerprint density at radius 3 is 3.07 bits per heavy atom. The van der Waals surface area contributed by atoms with Crippen LogP contribution in [0.1, 0.15) is 5.69 Å². The van der Waals surface area contributed by atoms with Crippen molar-refractivity contribution in [3.63, 3.8) is 0 Å². The van der Waals surface area contributed by atoms with Crippen LogP contribution in [0.4, 0.5) is 10.2 Å². The molecule has 0 aromatic carbocycles. The summed E-state index contributed by atoms with van der Waals surface area (Å²) >= 11 is 0. The Bertz CT molecular complexity index is 403. The summed E-state index contributed by atoms with van der Waals surface area (Å²) in [5.41, 5.74) is 0.726. The Labute approximate surface area is 79.0 Å². The van der Waals surface area contributed by atoms with E-state index in [2.05, 4.69) is 25.0 Å². The fourth-order valence-corrected chi connectivity index (χ4v) is 0.940. The van der Waals surface area contributed by atoms with Crippen LogP contribution >= 0.6 is 0 Å². The molecule has 14 heavy (non-hydrogen) atoms. The normalized spacial score (nSPS) is 10.1. The maximum atomic E-state index is 12.6. The van der Waals surface area contributed by atoms with Gasteiger partial charge < -0.3 is 9.84 Å². The molecule has 2 heterocycles. The van der Waals surface area contributed by atoms with Gasteiger partial charge in [0.2, 0.25) is 5.95 Å². The van der Waals surface area contributed by atoms with Crippen molar-refractivity contribution < 1.29 is 8.91 Å². The largest absolute Gasteiger partial charge is 0.364 e. The van der Waals surface area contributed by atoms with Crippen LogP contribution in [0.5, 0.6) is 0 Å².